The monoisotopic (exact) mass is 240 g/mol. The molecule has 2 unspecified atom stereocenters. The number of aliphatic hydroxyl groups is 1. The molecule has 0 aliphatic heterocycles. The van der Waals surface area contributed by atoms with Gasteiger partial charge in [-0.05, 0) is 29.2 Å². The third kappa shape index (κ3) is 2.15. The molecule has 18 heavy (non-hydrogen) atoms. The van der Waals surface area contributed by atoms with Gasteiger partial charge in [0.05, 0.1) is 6.10 Å². The largest absolute Gasteiger partial charge is 0.392 e. The summed E-state index contributed by atoms with van der Waals surface area (Å²) < 4.78 is 0. The average molecular weight is 240 g/mol. The van der Waals surface area contributed by atoms with Crippen LogP contribution in [0.2, 0.25) is 0 Å². The summed E-state index contributed by atoms with van der Waals surface area (Å²) in [5.41, 5.74) is 1.34. The Kier molecular flexibility index (Phi) is 3.33. The molecule has 1 aliphatic carbocycles. The normalized spacial score (nSPS) is 24.9. The van der Waals surface area contributed by atoms with Gasteiger partial charge < -0.3 is 5.11 Å². The molecule has 2 atom stereocenters. The molecular weight excluding hydrogens is 220 g/mol. The molecule has 1 N–H and O–H groups in total. The first kappa shape index (κ1) is 11.7. The molecule has 0 bridgehead atoms. The van der Waals surface area contributed by atoms with Crippen molar-refractivity contribution in [3.8, 4) is 0 Å². The number of fused-ring (bicyclic) bond motifs is 1. The second-order valence-electron chi connectivity index (χ2n) is 5.38. The van der Waals surface area contributed by atoms with Gasteiger partial charge in [0.25, 0.3) is 0 Å². The molecule has 1 heteroatoms. The van der Waals surface area contributed by atoms with E-state index in [4.69, 9.17) is 0 Å². The number of benzene rings is 2. The molecule has 0 heterocycles. The van der Waals surface area contributed by atoms with Crippen LogP contribution < -0.4 is 0 Å². The van der Waals surface area contributed by atoms with Gasteiger partial charge in [0.2, 0.25) is 0 Å². The summed E-state index contributed by atoms with van der Waals surface area (Å²) in [7, 11) is 0. The summed E-state index contributed by atoms with van der Waals surface area (Å²) in [5.74, 6) is 0.318. The number of rotatable bonds is 1. The summed E-state index contributed by atoms with van der Waals surface area (Å²) in [5, 5.41) is 13.0. The second-order valence-corrected chi connectivity index (χ2v) is 5.38. The Bertz CT molecular complexity index is 527. The highest BCUT2D eigenvalue weighted by Crippen LogP contribution is 2.35. The smallest absolute Gasteiger partial charge is 0.0608 e. The van der Waals surface area contributed by atoms with Crippen molar-refractivity contribution < 1.29 is 5.11 Å². The first-order chi connectivity index (χ1) is 8.86. The van der Waals surface area contributed by atoms with Crippen LogP contribution in [0.1, 0.15) is 43.6 Å². The minimum Gasteiger partial charge on any atom is -0.392 e. The first-order valence-corrected chi connectivity index (χ1v) is 7.02. The summed E-state index contributed by atoms with van der Waals surface area (Å²) in [6.07, 6.45) is 5.58. The van der Waals surface area contributed by atoms with E-state index in [0.29, 0.717) is 5.92 Å². The fourth-order valence-electron chi connectivity index (χ4n) is 3.22. The van der Waals surface area contributed by atoms with E-state index in [9.17, 15) is 5.11 Å². The van der Waals surface area contributed by atoms with Gasteiger partial charge >= 0.3 is 0 Å². The van der Waals surface area contributed by atoms with Crippen molar-refractivity contribution in [1.29, 1.82) is 0 Å². The Balaban J connectivity index is 2.07. The molecule has 0 amide bonds. The van der Waals surface area contributed by atoms with E-state index in [-0.39, 0.29) is 6.10 Å². The SMILES string of the molecule is OC1CCCCCC1c1cccc2ccccc12. The molecule has 0 radical (unpaired) electrons. The summed E-state index contributed by atoms with van der Waals surface area (Å²) in [6.45, 7) is 0. The van der Waals surface area contributed by atoms with E-state index in [2.05, 4.69) is 42.5 Å². The van der Waals surface area contributed by atoms with E-state index < -0.39 is 0 Å². The molecule has 1 aliphatic rings. The van der Waals surface area contributed by atoms with Crippen molar-refractivity contribution in [1.82, 2.24) is 0 Å². The van der Waals surface area contributed by atoms with Crippen LogP contribution in [0.15, 0.2) is 42.5 Å². The molecular formula is C17H20O. The average Bonchev–Trinajstić information content (AvgIpc) is 2.63. The second kappa shape index (κ2) is 5.11. The maximum atomic E-state index is 10.4. The number of aliphatic hydroxyl groups excluding tert-OH is 1. The molecule has 0 spiro atoms. The Hall–Kier alpha value is -1.34. The van der Waals surface area contributed by atoms with E-state index in [1.54, 1.807) is 0 Å². The van der Waals surface area contributed by atoms with Crippen LogP contribution in [-0.4, -0.2) is 11.2 Å². The highest BCUT2D eigenvalue weighted by atomic mass is 16.3. The maximum absolute atomic E-state index is 10.4. The number of hydrogen-bond donors (Lipinski definition) is 1. The van der Waals surface area contributed by atoms with Gasteiger partial charge in [0.1, 0.15) is 0 Å². The lowest BCUT2D eigenvalue weighted by molar-refractivity contribution is 0.136. The Morgan fingerprint density at radius 3 is 2.56 bits per heavy atom. The van der Waals surface area contributed by atoms with Gasteiger partial charge in [-0.2, -0.15) is 0 Å². The van der Waals surface area contributed by atoms with E-state index in [1.807, 2.05) is 0 Å². The molecule has 94 valence electrons. The molecule has 0 saturated heterocycles. The third-order valence-corrected chi connectivity index (χ3v) is 4.20. The quantitative estimate of drug-likeness (QED) is 0.739. The summed E-state index contributed by atoms with van der Waals surface area (Å²) >= 11 is 0. The predicted octanol–water partition coefficient (Wildman–Crippen LogP) is 4.25. The standard InChI is InChI=1S/C17H20O/c18-17-12-3-1-2-10-16(17)15-11-6-8-13-7-4-5-9-14(13)15/h4-9,11,16-18H,1-3,10,12H2. The topological polar surface area (TPSA) is 20.2 Å². The zero-order valence-corrected chi connectivity index (χ0v) is 10.7. The molecule has 1 fully saturated rings. The van der Waals surface area contributed by atoms with Gasteiger partial charge in [-0.15, -0.1) is 0 Å². The van der Waals surface area contributed by atoms with Gasteiger partial charge in [-0.1, -0.05) is 61.7 Å². The van der Waals surface area contributed by atoms with Crippen LogP contribution in [0.5, 0.6) is 0 Å². The van der Waals surface area contributed by atoms with Gasteiger partial charge in [-0.25, -0.2) is 0 Å². The predicted molar refractivity (Wildman–Crippen MR) is 75.8 cm³/mol. The molecule has 2 aromatic rings. The van der Waals surface area contributed by atoms with Crippen molar-refractivity contribution in [2.75, 3.05) is 0 Å². The molecule has 2 aromatic carbocycles. The first-order valence-electron chi connectivity index (χ1n) is 7.02. The highest BCUT2D eigenvalue weighted by molar-refractivity contribution is 5.86. The number of hydrogen-bond acceptors (Lipinski definition) is 1. The zero-order chi connectivity index (χ0) is 12.4. The Morgan fingerprint density at radius 2 is 1.61 bits per heavy atom. The van der Waals surface area contributed by atoms with Crippen LogP contribution in [0, 0.1) is 0 Å². The van der Waals surface area contributed by atoms with E-state index >= 15 is 0 Å². The van der Waals surface area contributed by atoms with E-state index in [1.165, 1.54) is 35.6 Å². The van der Waals surface area contributed by atoms with Crippen LogP contribution in [0.3, 0.4) is 0 Å². The van der Waals surface area contributed by atoms with Gasteiger partial charge in [0, 0.05) is 5.92 Å². The Labute approximate surface area is 108 Å². The van der Waals surface area contributed by atoms with Crippen LogP contribution in [0.4, 0.5) is 0 Å². The summed E-state index contributed by atoms with van der Waals surface area (Å²) in [6, 6.07) is 15.0. The Morgan fingerprint density at radius 1 is 0.833 bits per heavy atom. The van der Waals surface area contributed by atoms with E-state index in [0.717, 1.165) is 12.8 Å². The van der Waals surface area contributed by atoms with Crippen LogP contribution in [-0.2, 0) is 0 Å². The molecule has 1 nitrogen and oxygen atoms in total. The molecule has 1 saturated carbocycles. The minimum atomic E-state index is -0.168. The van der Waals surface area contributed by atoms with Crippen molar-refractivity contribution in [3.63, 3.8) is 0 Å². The minimum absolute atomic E-state index is 0.168. The van der Waals surface area contributed by atoms with Crippen molar-refractivity contribution in [2.24, 2.45) is 0 Å². The molecule has 3 rings (SSSR count). The van der Waals surface area contributed by atoms with Gasteiger partial charge in [0.15, 0.2) is 0 Å². The third-order valence-electron chi connectivity index (χ3n) is 4.20. The van der Waals surface area contributed by atoms with Crippen molar-refractivity contribution in [3.05, 3.63) is 48.0 Å². The summed E-state index contributed by atoms with van der Waals surface area (Å²) in [4.78, 5) is 0. The van der Waals surface area contributed by atoms with Crippen LogP contribution >= 0.6 is 0 Å². The van der Waals surface area contributed by atoms with Crippen molar-refractivity contribution in [2.45, 2.75) is 44.1 Å². The fraction of sp³-hybridized carbons (Fsp3) is 0.412. The van der Waals surface area contributed by atoms with Gasteiger partial charge in [-0.3, -0.25) is 0 Å². The zero-order valence-electron chi connectivity index (χ0n) is 10.7. The fourth-order valence-corrected chi connectivity index (χ4v) is 3.22. The lowest BCUT2D eigenvalue weighted by Crippen LogP contribution is -2.17. The highest BCUT2D eigenvalue weighted by Gasteiger charge is 2.24. The maximum Gasteiger partial charge on any atom is 0.0608 e. The lowest BCUT2D eigenvalue weighted by Gasteiger charge is -2.22. The van der Waals surface area contributed by atoms with Crippen LogP contribution in [0.25, 0.3) is 10.8 Å². The van der Waals surface area contributed by atoms with Crippen molar-refractivity contribution >= 4 is 10.8 Å². The molecule has 0 aromatic heterocycles. The lowest BCUT2D eigenvalue weighted by atomic mass is 9.86.